The molecule has 2 fully saturated rings. The number of hydrogen-bond donors (Lipinski definition) is 0. The molecule has 1 unspecified atom stereocenters. The summed E-state index contributed by atoms with van der Waals surface area (Å²) in [6, 6.07) is 21.2. The van der Waals surface area contributed by atoms with Crippen molar-refractivity contribution in [2.24, 2.45) is 5.92 Å². The van der Waals surface area contributed by atoms with Crippen molar-refractivity contribution in [3.05, 3.63) is 83.8 Å². The highest BCUT2D eigenvalue weighted by molar-refractivity contribution is 7.00. The van der Waals surface area contributed by atoms with Gasteiger partial charge in [-0.2, -0.15) is 8.75 Å². The van der Waals surface area contributed by atoms with Crippen LogP contribution in [0, 0.1) is 5.92 Å². The van der Waals surface area contributed by atoms with Gasteiger partial charge in [-0.1, -0.05) is 36.4 Å². The second-order valence-corrected chi connectivity index (χ2v) is 10.4. The monoisotopic (exact) mass is 486 g/mol. The largest absolute Gasteiger partial charge is 0.459 e. The summed E-state index contributed by atoms with van der Waals surface area (Å²) >= 11 is 1.27. The van der Waals surface area contributed by atoms with E-state index in [0.717, 1.165) is 62.8 Å². The zero-order valence-corrected chi connectivity index (χ0v) is 20.6. The first kappa shape index (κ1) is 22.4. The zero-order valence-electron chi connectivity index (χ0n) is 19.8. The number of fused-ring (bicyclic) bond motifs is 1. The smallest absolute Gasteiger partial charge is 0.290 e. The fourth-order valence-corrected chi connectivity index (χ4v) is 6.01. The van der Waals surface area contributed by atoms with Gasteiger partial charge in [-0.25, -0.2) is 0 Å². The van der Waals surface area contributed by atoms with Gasteiger partial charge < -0.3 is 9.32 Å². The summed E-state index contributed by atoms with van der Waals surface area (Å²) in [4.78, 5) is 18.3. The van der Waals surface area contributed by atoms with Gasteiger partial charge in [0.2, 0.25) is 0 Å². The first-order chi connectivity index (χ1) is 17.2. The lowest BCUT2D eigenvalue weighted by Crippen LogP contribution is -2.50. The standard InChI is InChI=1S/C28H30N4O2S/c33-28(27-7-4-16-34-27)32(23-9-10-23)26(18-20-5-2-1-3-6-20)22-12-14-31(15-13-22)19-21-8-11-24-25(17-21)30-35-29-24/h1-8,11,16-17,22-23,26H,9-10,12-15,18-19H2. The van der Waals surface area contributed by atoms with Crippen LogP contribution >= 0.6 is 11.7 Å². The molecule has 0 spiro atoms. The van der Waals surface area contributed by atoms with E-state index in [1.165, 1.54) is 22.9 Å². The van der Waals surface area contributed by atoms with Crippen molar-refractivity contribution < 1.29 is 9.21 Å². The van der Waals surface area contributed by atoms with Crippen LogP contribution in [0.5, 0.6) is 0 Å². The van der Waals surface area contributed by atoms with Crippen molar-refractivity contribution in [3.8, 4) is 0 Å². The number of benzene rings is 2. The van der Waals surface area contributed by atoms with Crippen molar-refractivity contribution in [2.45, 2.75) is 50.7 Å². The summed E-state index contributed by atoms with van der Waals surface area (Å²) in [6.07, 6.45) is 6.85. The van der Waals surface area contributed by atoms with Crippen molar-refractivity contribution in [3.63, 3.8) is 0 Å². The molecule has 0 bridgehead atoms. The van der Waals surface area contributed by atoms with Gasteiger partial charge in [0.05, 0.1) is 18.0 Å². The Hall–Kier alpha value is -3.03. The van der Waals surface area contributed by atoms with Crippen LogP contribution < -0.4 is 0 Å². The molecule has 2 aromatic heterocycles. The number of aromatic nitrogens is 2. The minimum absolute atomic E-state index is 0.0473. The predicted molar refractivity (Wildman–Crippen MR) is 137 cm³/mol. The van der Waals surface area contributed by atoms with Crippen LogP contribution in [0.4, 0.5) is 0 Å². The molecular formula is C28H30N4O2S. The second-order valence-electron chi connectivity index (χ2n) is 9.88. The molecule has 6 nitrogen and oxygen atoms in total. The van der Waals surface area contributed by atoms with Gasteiger partial charge in [-0.3, -0.25) is 9.69 Å². The number of likely N-dealkylation sites (tertiary alicyclic amines) is 1. The molecule has 1 aliphatic carbocycles. The number of piperidine rings is 1. The van der Waals surface area contributed by atoms with E-state index in [4.69, 9.17) is 4.42 Å². The molecule has 0 radical (unpaired) electrons. The molecule has 0 N–H and O–H groups in total. The molecule has 2 aliphatic rings. The van der Waals surface area contributed by atoms with Crippen molar-refractivity contribution in [1.82, 2.24) is 18.5 Å². The third-order valence-corrected chi connectivity index (χ3v) is 8.01. The summed E-state index contributed by atoms with van der Waals surface area (Å²) in [6.45, 7) is 3.01. The van der Waals surface area contributed by atoms with Crippen LogP contribution in [0.25, 0.3) is 11.0 Å². The van der Waals surface area contributed by atoms with Gasteiger partial charge in [0.1, 0.15) is 11.0 Å². The van der Waals surface area contributed by atoms with Crippen LogP contribution in [-0.2, 0) is 13.0 Å². The Balaban J connectivity index is 1.19. The molecule has 1 atom stereocenters. The first-order valence-electron chi connectivity index (χ1n) is 12.6. The maximum atomic E-state index is 13.6. The summed E-state index contributed by atoms with van der Waals surface area (Å²) < 4.78 is 14.3. The third-order valence-electron chi connectivity index (χ3n) is 7.45. The van der Waals surface area contributed by atoms with E-state index in [1.807, 2.05) is 6.07 Å². The number of nitrogens with zero attached hydrogens (tertiary/aromatic N) is 4. The van der Waals surface area contributed by atoms with E-state index in [1.54, 1.807) is 12.3 Å². The minimum atomic E-state index is 0.0473. The summed E-state index contributed by atoms with van der Waals surface area (Å²) in [5.74, 6) is 0.974. The SMILES string of the molecule is O=C(c1ccco1)N(C1CC1)C(Cc1ccccc1)C1CCN(Cc2ccc3nsnc3c2)CC1. The quantitative estimate of drug-likeness (QED) is 0.333. The zero-order chi connectivity index (χ0) is 23.6. The molecule has 3 heterocycles. The summed E-state index contributed by atoms with van der Waals surface area (Å²) in [5, 5.41) is 0. The molecule has 1 amide bonds. The van der Waals surface area contributed by atoms with Crippen molar-refractivity contribution >= 4 is 28.7 Å². The second kappa shape index (κ2) is 9.91. The average molecular weight is 487 g/mol. The Labute approximate surface area is 209 Å². The molecule has 1 saturated carbocycles. The number of hydrogen-bond acceptors (Lipinski definition) is 6. The molecule has 2 aromatic carbocycles. The predicted octanol–water partition coefficient (Wildman–Crippen LogP) is 5.41. The van der Waals surface area contributed by atoms with E-state index in [-0.39, 0.29) is 11.9 Å². The Morgan fingerprint density at radius 1 is 0.971 bits per heavy atom. The van der Waals surface area contributed by atoms with Crippen molar-refractivity contribution in [1.29, 1.82) is 0 Å². The van der Waals surface area contributed by atoms with Crippen LogP contribution in [0.3, 0.4) is 0 Å². The normalized spacial score (nSPS) is 18.1. The number of carbonyl (C=O) groups is 1. The van der Waals surface area contributed by atoms with Crippen molar-refractivity contribution in [2.75, 3.05) is 13.1 Å². The molecule has 1 aliphatic heterocycles. The van der Waals surface area contributed by atoms with Crippen LogP contribution in [-0.4, -0.2) is 49.6 Å². The fraction of sp³-hybridized carbons (Fsp3) is 0.393. The van der Waals surface area contributed by atoms with Gasteiger partial charge in [0, 0.05) is 18.6 Å². The van der Waals surface area contributed by atoms with Gasteiger partial charge in [-0.05, 0) is 86.5 Å². The molecule has 7 heteroatoms. The highest BCUT2D eigenvalue weighted by Crippen LogP contribution is 2.36. The lowest BCUT2D eigenvalue weighted by molar-refractivity contribution is 0.0454. The van der Waals surface area contributed by atoms with Crippen LogP contribution in [0.15, 0.2) is 71.3 Å². The minimum Gasteiger partial charge on any atom is -0.459 e. The lowest BCUT2D eigenvalue weighted by Gasteiger charge is -2.41. The Morgan fingerprint density at radius 3 is 2.51 bits per heavy atom. The van der Waals surface area contributed by atoms with Gasteiger partial charge >= 0.3 is 0 Å². The third kappa shape index (κ3) is 5.02. The maximum Gasteiger partial charge on any atom is 0.290 e. The first-order valence-corrected chi connectivity index (χ1v) is 13.3. The van der Waals surface area contributed by atoms with Crippen LogP contribution in [0.1, 0.15) is 47.4 Å². The van der Waals surface area contributed by atoms with E-state index < -0.39 is 0 Å². The highest BCUT2D eigenvalue weighted by atomic mass is 32.1. The van der Waals surface area contributed by atoms with Gasteiger partial charge in [0.15, 0.2) is 5.76 Å². The number of rotatable bonds is 8. The highest BCUT2D eigenvalue weighted by Gasteiger charge is 2.42. The van der Waals surface area contributed by atoms with E-state index in [2.05, 4.69) is 67.1 Å². The average Bonchev–Trinajstić information content (AvgIpc) is 3.36. The van der Waals surface area contributed by atoms with Crippen LogP contribution in [0.2, 0.25) is 0 Å². The van der Waals surface area contributed by atoms with Gasteiger partial charge in [-0.15, -0.1) is 0 Å². The number of carbonyl (C=O) groups excluding carboxylic acids is 1. The molecule has 1 saturated heterocycles. The number of furan rings is 1. The van der Waals surface area contributed by atoms with Gasteiger partial charge in [0.25, 0.3) is 5.91 Å². The topological polar surface area (TPSA) is 62.5 Å². The van der Waals surface area contributed by atoms with E-state index in [0.29, 0.717) is 17.7 Å². The fourth-order valence-electron chi connectivity index (χ4n) is 5.50. The summed E-state index contributed by atoms with van der Waals surface area (Å²) in [5.41, 5.74) is 4.55. The Kier molecular flexibility index (Phi) is 6.35. The molecule has 4 aromatic rings. The number of amides is 1. The van der Waals surface area contributed by atoms with E-state index in [9.17, 15) is 4.79 Å². The lowest BCUT2D eigenvalue weighted by atomic mass is 9.84. The Bertz CT molecular complexity index is 1260. The Morgan fingerprint density at radius 2 is 1.77 bits per heavy atom. The molecule has 6 rings (SSSR count). The van der Waals surface area contributed by atoms with E-state index >= 15 is 0 Å². The molecule has 180 valence electrons. The maximum absolute atomic E-state index is 13.6. The molecule has 35 heavy (non-hydrogen) atoms. The molecular weight excluding hydrogens is 456 g/mol. The summed E-state index contributed by atoms with van der Waals surface area (Å²) in [7, 11) is 0.